The average molecular weight is 421 g/mol. The number of hydrogen-bond acceptors (Lipinski definition) is 5. The summed E-state index contributed by atoms with van der Waals surface area (Å²) in [6.45, 7) is 0. The molecule has 12 heteroatoms. The molecule has 0 aliphatic rings. The van der Waals surface area contributed by atoms with Crippen LogP contribution in [0.1, 0.15) is 0 Å². The molecule has 0 aliphatic heterocycles. The van der Waals surface area contributed by atoms with E-state index in [1.54, 1.807) is 37.2 Å². The van der Waals surface area contributed by atoms with Crippen molar-refractivity contribution in [3.8, 4) is 0 Å². The Morgan fingerprint density at radius 1 is 1.04 bits per heavy atom. The van der Waals surface area contributed by atoms with Gasteiger partial charge in [-0.25, -0.2) is 4.21 Å². The minimum Gasteiger partial charge on any atom is -0.377 e. The summed E-state index contributed by atoms with van der Waals surface area (Å²) in [5.74, 6) is -3.93. The topological polar surface area (TPSA) is 76.0 Å². The van der Waals surface area contributed by atoms with Crippen molar-refractivity contribution < 1.29 is 81.7 Å². The Hall–Kier alpha value is -0.214. The fourth-order valence-electron chi connectivity index (χ4n) is 2.13. The van der Waals surface area contributed by atoms with E-state index in [4.69, 9.17) is 0 Å². The van der Waals surface area contributed by atoms with E-state index in [1.807, 2.05) is 0 Å². The van der Waals surface area contributed by atoms with Gasteiger partial charge in [-0.2, -0.15) is 17.2 Å². The van der Waals surface area contributed by atoms with E-state index >= 15 is 0 Å². The predicted molar refractivity (Wildman–Crippen MR) is 84.2 cm³/mol. The summed E-state index contributed by atoms with van der Waals surface area (Å²) in [6.07, 6.45) is 0. The molecule has 1 unspecified atom stereocenters. The van der Waals surface area contributed by atoms with Crippen LogP contribution in [0.15, 0.2) is 45.1 Å². The minimum absolute atomic E-state index is 0. The monoisotopic (exact) mass is 421 g/mol. The fourth-order valence-corrected chi connectivity index (χ4v) is 4.66. The molecule has 2 rings (SSSR count). The molecule has 0 N–H and O–H groups in total. The molecule has 0 radical (unpaired) electrons. The van der Waals surface area contributed by atoms with Crippen LogP contribution in [-0.4, -0.2) is 32.5 Å². The quantitative estimate of drug-likeness (QED) is 0.641. The first-order valence-electron chi connectivity index (χ1n) is 6.42. The van der Waals surface area contributed by atoms with Gasteiger partial charge in [-0.15, -0.1) is 0 Å². The van der Waals surface area contributed by atoms with Crippen molar-refractivity contribution >= 4 is 36.5 Å². The Bertz CT molecular complexity index is 990. The number of anilines is 1. The summed E-state index contributed by atoms with van der Waals surface area (Å²) in [4.78, 5) is 1.25. The summed E-state index contributed by atoms with van der Waals surface area (Å²) in [5, 5.41) is 0.672. The normalized spacial score (nSPS) is 14.0. The van der Waals surface area contributed by atoms with Crippen molar-refractivity contribution in [2.45, 2.75) is 10.7 Å². The molecule has 25 heavy (non-hydrogen) atoms. The summed E-state index contributed by atoms with van der Waals surface area (Å²) in [5.41, 5.74) is 0.667. The zero-order chi connectivity index (χ0) is 18.1. The van der Waals surface area contributed by atoms with Crippen LogP contribution in [0, 0.1) is 0 Å². The zero-order valence-corrected chi connectivity index (χ0v) is 18.3. The van der Waals surface area contributed by atoms with Gasteiger partial charge in [0.1, 0.15) is 0 Å². The molecule has 0 aromatic heterocycles. The maximum atomic E-state index is 12.6. The summed E-state index contributed by atoms with van der Waals surface area (Å²) in [6, 6.07) is 8.82. The second kappa shape index (κ2) is 8.65. The molecular formula is C13H13F3KN2O4S2+. The summed E-state index contributed by atoms with van der Waals surface area (Å²) >= 11 is 0. The van der Waals surface area contributed by atoms with Gasteiger partial charge >= 0.3 is 57.1 Å². The molecule has 0 amide bonds. The van der Waals surface area contributed by atoms with Crippen molar-refractivity contribution in [3.63, 3.8) is 0 Å². The van der Waals surface area contributed by atoms with Gasteiger partial charge in [0.25, 0.3) is 20.0 Å². The third-order valence-corrected chi connectivity index (χ3v) is 6.29. The van der Waals surface area contributed by atoms with Crippen LogP contribution in [0.5, 0.6) is 0 Å². The van der Waals surface area contributed by atoms with Gasteiger partial charge in [0, 0.05) is 30.6 Å². The Morgan fingerprint density at radius 3 is 2.12 bits per heavy atom. The second-order valence-electron chi connectivity index (χ2n) is 4.91. The van der Waals surface area contributed by atoms with Crippen LogP contribution in [0.2, 0.25) is 0 Å². The maximum absolute atomic E-state index is 12.6. The van der Waals surface area contributed by atoms with Crippen LogP contribution < -0.4 is 56.3 Å². The van der Waals surface area contributed by atoms with E-state index in [2.05, 4.69) is 8.16 Å². The Labute approximate surface area is 186 Å². The summed E-state index contributed by atoms with van der Waals surface area (Å²) in [7, 11) is -6.70. The summed E-state index contributed by atoms with van der Waals surface area (Å²) < 4.78 is 78.6. The zero-order valence-electron chi connectivity index (χ0n) is 13.5. The Balaban J connectivity index is 0.00000312. The third-order valence-electron chi connectivity index (χ3n) is 3.14. The largest absolute Gasteiger partial charge is 1.00 e. The molecule has 0 saturated carbocycles. The van der Waals surface area contributed by atoms with E-state index in [1.165, 1.54) is 12.1 Å². The Kier molecular flexibility index (Phi) is 7.90. The van der Waals surface area contributed by atoms with Crippen LogP contribution in [0.25, 0.3) is 10.8 Å². The van der Waals surface area contributed by atoms with Crippen LogP contribution >= 0.6 is 0 Å². The van der Waals surface area contributed by atoms with Gasteiger partial charge in [0.15, 0.2) is 0 Å². The first kappa shape index (κ1) is 22.8. The average Bonchev–Trinajstić information content (AvgIpc) is 2.52. The van der Waals surface area contributed by atoms with E-state index in [0.29, 0.717) is 11.1 Å². The smallest absolute Gasteiger partial charge is 0.377 e. The second-order valence-corrected chi connectivity index (χ2v) is 8.41. The van der Waals surface area contributed by atoms with Gasteiger partial charge in [-0.1, -0.05) is 32.4 Å². The maximum Gasteiger partial charge on any atom is 1.00 e. The number of nitrogens with zero attached hydrogens (tertiary/aromatic N) is 2. The molecule has 132 valence electrons. The molecule has 0 fully saturated rings. The first-order valence-corrected chi connectivity index (χ1v) is 9.36. The molecule has 1 atom stereocenters. The van der Waals surface area contributed by atoms with Gasteiger partial charge in [0.05, 0.1) is 4.90 Å². The number of hydrogen-bond donors (Lipinski definition) is 0. The van der Waals surface area contributed by atoms with Crippen LogP contribution in [-0.2, 0) is 24.4 Å². The van der Waals surface area contributed by atoms with E-state index < -0.39 is 30.7 Å². The SMILES string of the molecule is CN(C)c1cccc2c(S(=O)(=O)N=S(=O)(OF)C(F)F)cccc12.[K+]. The molecule has 2 aromatic rings. The number of alkyl halides is 2. The fraction of sp³-hybridized carbons (Fsp3) is 0.231. The van der Waals surface area contributed by atoms with Gasteiger partial charge in [-0.05, 0) is 16.7 Å². The number of sulfonamides is 1. The van der Waals surface area contributed by atoms with Gasteiger partial charge in [0.2, 0.25) is 0 Å². The van der Waals surface area contributed by atoms with E-state index in [-0.39, 0.29) is 56.8 Å². The van der Waals surface area contributed by atoms with Gasteiger partial charge in [-0.3, -0.25) is 0 Å². The third kappa shape index (κ3) is 4.74. The minimum atomic E-state index is -5.32. The van der Waals surface area contributed by atoms with E-state index in [0.717, 1.165) is 6.07 Å². The van der Waals surface area contributed by atoms with Gasteiger partial charge < -0.3 is 4.90 Å². The molecule has 0 bridgehead atoms. The van der Waals surface area contributed by atoms with Crippen molar-refractivity contribution in [3.05, 3.63) is 36.4 Å². The molecule has 0 heterocycles. The van der Waals surface area contributed by atoms with Crippen molar-refractivity contribution in [2.24, 2.45) is 3.77 Å². The molecule has 6 nitrogen and oxygen atoms in total. The van der Waals surface area contributed by atoms with Crippen molar-refractivity contribution in [1.82, 2.24) is 0 Å². The standard InChI is InChI=1S/C13H13F3N2O4S2.K/c1-18(2)11-7-3-6-10-9(11)5-4-8-12(10)23(19,20)17-24(21,22-16)13(14)15;/h3-8,13H,1-2H3;/q;+1. The van der Waals surface area contributed by atoms with E-state index in [9.17, 15) is 25.9 Å². The van der Waals surface area contributed by atoms with Crippen molar-refractivity contribution in [2.75, 3.05) is 19.0 Å². The number of benzene rings is 2. The number of halogens is 3. The first-order chi connectivity index (χ1) is 11.1. The molecule has 0 spiro atoms. The number of fused-ring (bicyclic) bond motifs is 1. The van der Waals surface area contributed by atoms with Crippen LogP contribution in [0.3, 0.4) is 0 Å². The number of rotatable bonds is 5. The molecule has 0 aliphatic carbocycles. The molecule has 0 saturated heterocycles. The van der Waals surface area contributed by atoms with Crippen LogP contribution in [0.4, 0.5) is 19.0 Å². The molecular weight excluding hydrogens is 408 g/mol. The Morgan fingerprint density at radius 2 is 1.60 bits per heavy atom. The van der Waals surface area contributed by atoms with Crippen molar-refractivity contribution in [1.29, 1.82) is 0 Å². The predicted octanol–water partition coefficient (Wildman–Crippen LogP) is 0.105. The molecule has 2 aromatic carbocycles.